The van der Waals surface area contributed by atoms with Gasteiger partial charge in [0.05, 0.1) is 6.54 Å². The van der Waals surface area contributed by atoms with Gasteiger partial charge in [0.15, 0.2) is 0 Å². The van der Waals surface area contributed by atoms with Gasteiger partial charge in [-0.1, -0.05) is 30.3 Å². The van der Waals surface area contributed by atoms with Crippen LogP contribution in [0.1, 0.15) is 12.0 Å². The molecule has 1 aliphatic rings. The average molecular weight is 357 g/mol. The Morgan fingerprint density at radius 3 is 2.50 bits per heavy atom. The normalized spacial score (nSPS) is 19.2. The SMILES string of the molecule is NC(=O)C1CC(Oc2ccccc2)CN1C(=O)NCc1ccc(F)cc1. The highest BCUT2D eigenvalue weighted by atomic mass is 19.1. The van der Waals surface area contributed by atoms with Crippen molar-refractivity contribution in [2.45, 2.75) is 25.1 Å². The van der Waals surface area contributed by atoms with Crippen LogP contribution in [0.25, 0.3) is 0 Å². The second-order valence-corrected chi connectivity index (χ2v) is 6.14. The number of halogens is 1. The molecule has 3 rings (SSSR count). The summed E-state index contributed by atoms with van der Waals surface area (Å²) in [6.45, 7) is 0.489. The quantitative estimate of drug-likeness (QED) is 0.859. The van der Waals surface area contributed by atoms with Gasteiger partial charge in [0.1, 0.15) is 23.7 Å². The molecular weight excluding hydrogens is 337 g/mol. The summed E-state index contributed by atoms with van der Waals surface area (Å²) in [7, 11) is 0. The molecule has 1 aliphatic heterocycles. The maximum absolute atomic E-state index is 12.9. The number of hydrogen-bond acceptors (Lipinski definition) is 3. The summed E-state index contributed by atoms with van der Waals surface area (Å²) >= 11 is 0. The summed E-state index contributed by atoms with van der Waals surface area (Å²) in [5, 5.41) is 2.73. The van der Waals surface area contributed by atoms with Crippen LogP contribution in [0.3, 0.4) is 0 Å². The van der Waals surface area contributed by atoms with Gasteiger partial charge in [-0.3, -0.25) is 4.79 Å². The van der Waals surface area contributed by atoms with Crippen LogP contribution in [0, 0.1) is 5.82 Å². The van der Waals surface area contributed by atoms with Crippen LogP contribution >= 0.6 is 0 Å². The van der Waals surface area contributed by atoms with Crippen molar-refractivity contribution in [3.05, 3.63) is 66.0 Å². The predicted octanol–water partition coefficient (Wildman–Crippen LogP) is 2.04. The first-order chi connectivity index (χ1) is 12.5. The second-order valence-electron chi connectivity index (χ2n) is 6.14. The van der Waals surface area contributed by atoms with Crippen molar-refractivity contribution in [1.82, 2.24) is 10.2 Å². The van der Waals surface area contributed by atoms with E-state index in [1.54, 1.807) is 12.1 Å². The molecule has 1 saturated heterocycles. The largest absolute Gasteiger partial charge is 0.488 e. The van der Waals surface area contributed by atoms with Crippen LogP contribution < -0.4 is 15.8 Å². The molecule has 2 unspecified atom stereocenters. The van der Waals surface area contributed by atoms with E-state index in [1.165, 1.54) is 17.0 Å². The molecular formula is C19H20FN3O3. The molecule has 3 N–H and O–H groups in total. The van der Waals surface area contributed by atoms with Crippen LogP contribution in [0.15, 0.2) is 54.6 Å². The van der Waals surface area contributed by atoms with E-state index in [0.717, 1.165) is 5.56 Å². The zero-order valence-corrected chi connectivity index (χ0v) is 14.1. The van der Waals surface area contributed by atoms with E-state index in [-0.39, 0.29) is 25.0 Å². The fourth-order valence-corrected chi connectivity index (χ4v) is 2.95. The number of hydrogen-bond donors (Lipinski definition) is 2. The van der Waals surface area contributed by atoms with Gasteiger partial charge in [0.25, 0.3) is 0 Å². The standard InChI is InChI=1S/C19H20FN3O3/c20-14-8-6-13(7-9-14)11-22-19(25)23-12-16(10-17(23)18(21)24)26-15-4-2-1-3-5-15/h1-9,16-17H,10-12H2,(H2,21,24)(H,22,25). The van der Waals surface area contributed by atoms with E-state index in [2.05, 4.69) is 5.32 Å². The number of urea groups is 1. The Kier molecular flexibility index (Phi) is 5.36. The lowest BCUT2D eigenvalue weighted by Crippen LogP contribution is -2.48. The van der Waals surface area contributed by atoms with Gasteiger partial charge < -0.3 is 20.7 Å². The van der Waals surface area contributed by atoms with Crippen LogP contribution in [-0.4, -0.2) is 35.5 Å². The summed E-state index contributed by atoms with van der Waals surface area (Å²) in [6.07, 6.45) is 0.0280. The molecule has 2 atom stereocenters. The Morgan fingerprint density at radius 1 is 1.15 bits per heavy atom. The number of nitrogens with zero attached hydrogens (tertiary/aromatic N) is 1. The van der Waals surface area contributed by atoms with Crippen LogP contribution in [-0.2, 0) is 11.3 Å². The minimum absolute atomic E-state index is 0.227. The number of carbonyl (C=O) groups excluding carboxylic acids is 2. The van der Waals surface area contributed by atoms with E-state index >= 15 is 0 Å². The van der Waals surface area contributed by atoms with Crippen LogP contribution in [0.5, 0.6) is 5.75 Å². The highest BCUT2D eigenvalue weighted by Crippen LogP contribution is 2.23. The zero-order valence-electron chi connectivity index (χ0n) is 14.1. The average Bonchev–Trinajstić information content (AvgIpc) is 3.06. The Bertz CT molecular complexity index is 767. The topological polar surface area (TPSA) is 84.7 Å². The maximum Gasteiger partial charge on any atom is 0.318 e. The van der Waals surface area contributed by atoms with E-state index < -0.39 is 18.0 Å². The van der Waals surface area contributed by atoms with Gasteiger partial charge >= 0.3 is 6.03 Å². The minimum Gasteiger partial charge on any atom is -0.488 e. The van der Waals surface area contributed by atoms with Crippen molar-refractivity contribution in [2.24, 2.45) is 5.73 Å². The molecule has 0 bridgehead atoms. The van der Waals surface area contributed by atoms with Gasteiger partial charge in [-0.25, -0.2) is 9.18 Å². The van der Waals surface area contributed by atoms with E-state index in [9.17, 15) is 14.0 Å². The summed E-state index contributed by atoms with van der Waals surface area (Å²) < 4.78 is 18.8. The van der Waals surface area contributed by atoms with Crippen molar-refractivity contribution >= 4 is 11.9 Å². The lowest BCUT2D eigenvalue weighted by molar-refractivity contribution is -0.121. The fourth-order valence-electron chi connectivity index (χ4n) is 2.95. The molecule has 0 aromatic heterocycles. The number of rotatable bonds is 5. The van der Waals surface area contributed by atoms with Crippen molar-refractivity contribution < 1.29 is 18.7 Å². The molecule has 26 heavy (non-hydrogen) atoms. The Hall–Kier alpha value is -3.09. The number of benzene rings is 2. The van der Waals surface area contributed by atoms with Gasteiger partial charge in [0.2, 0.25) is 5.91 Å². The van der Waals surface area contributed by atoms with E-state index in [1.807, 2.05) is 30.3 Å². The molecule has 136 valence electrons. The fraction of sp³-hybridized carbons (Fsp3) is 0.263. The smallest absolute Gasteiger partial charge is 0.318 e. The number of primary amides is 1. The molecule has 7 heteroatoms. The highest BCUT2D eigenvalue weighted by Gasteiger charge is 2.39. The van der Waals surface area contributed by atoms with Crippen molar-refractivity contribution in [1.29, 1.82) is 0 Å². The van der Waals surface area contributed by atoms with Gasteiger partial charge in [-0.05, 0) is 29.8 Å². The minimum atomic E-state index is -0.725. The molecule has 1 heterocycles. The predicted molar refractivity (Wildman–Crippen MR) is 93.8 cm³/mol. The second kappa shape index (κ2) is 7.86. The number of ether oxygens (including phenoxy) is 1. The number of nitrogens with two attached hydrogens (primary N) is 1. The van der Waals surface area contributed by atoms with E-state index in [0.29, 0.717) is 12.2 Å². The first-order valence-electron chi connectivity index (χ1n) is 8.33. The van der Waals surface area contributed by atoms with Crippen molar-refractivity contribution in [3.63, 3.8) is 0 Å². The van der Waals surface area contributed by atoms with Crippen LogP contribution in [0.4, 0.5) is 9.18 Å². The Balaban J connectivity index is 1.61. The molecule has 2 aromatic carbocycles. The first kappa shape index (κ1) is 17.7. The maximum atomic E-state index is 12.9. The highest BCUT2D eigenvalue weighted by molar-refractivity contribution is 5.86. The van der Waals surface area contributed by atoms with Crippen molar-refractivity contribution in [3.8, 4) is 5.75 Å². The molecule has 0 radical (unpaired) electrons. The first-order valence-corrected chi connectivity index (χ1v) is 8.33. The molecule has 0 aliphatic carbocycles. The summed E-state index contributed by atoms with van der Waals surface area (Å²) in [5.41, 5.74) is 6.20. The third-order valence-corrected chi connectivity index (χ3v) is 4.25. The molecule has 0 saturated carbocycles. The number of likely N-dealkylation sites (tertiary alicyclic amines) is 1. The Labute approximate surface area is 150 Å². The van der Waals surface area contributed by atoms with Gasteiger partial charge in [-0.2, -0.15) is 0 Å². The molecule has 1 fully saturated rings. The molecule has 3 amide bonds. The van der Waals surface area contributed by atoms with E-state index in [4.69, 9.17) is 10.5 Å². The third-order valence-electron chi connectivity index (χ3n) is 4.25. The number of carbonyl (C=O) groups is 2. The third kappa shape index (κ3) is 4.30. The van der Waals surface area contributed by atoms with Gasteiger partial charge in [-0.15, -0.1) is 0 Å². The lowest BCUT2D eigenvalue weighted by Gasteiger charge is -2.22. The molecule has 0 spiro atoms. The van der Waals surface area contributed by atoms with Gasteiger partial charge in [0, 0.05) is 13.0 Å². The zero-order chi connectivity index (χ0) is 18.5. The lowest BCUT2D eigenvalue weighted by atomic mass is 10.2. The molecule has 6 nitrogen and oxygen atoms in total. The Morgan fingerprint density at radius 2 is 1.85 bits per heavy atom. The number of amides is 3. The summed E-state index contributed by atoms with van der Waals surface area (Å²) in [6, 6.07) is 13.9. The number of para-hydroxylation sites is 1. The number of nitrogens with one attached hydrogen (secondary N) is 1. The summed E-state index contributed by atoms with van der Waals surface area (Å²) in [5.74, 6) is -0.232. The monoisotopic (exact) mass is 357 g/mol. The summed E-state index contributed by atoms with van der Waals surface area (Å²) in [4.78, 5) is 25.6. The van der Waals surface area contributed by atoms with Crippen LogP contribution in [0.2, 0.25) is 0 Å². The molecule has 2 aromatic rings. The van der Waals surface area contributed by atoms with Crippen molar-refractivity contribution in [2.75, 3.05) is 6.54 Å².